The minimum Gasteiger partial charge on any atom is -0.463 e. The maximum Gasteiger partial charge on any atom is 0.303 e. The molecule has 1 rings (SSSR count). The summed E-state index contributed by atoms with van der Waals surface area (Å²) in [6.07, 6.45) is -3.20. The average Bonchev–Trinajstić information content (AvgIpc) is 2.69. The van der Waals surface area contributed by atoms with E-state index in [0.717, 1.165) is 0 Å². The summed E-state index contributed by atoms with van der Waals surface area (Å²) in [7, 11) is 0. The molecule has 180 valence electrons. The van der Waals surface area contributed by atoms with Crippen molar-refractivity contribution < 1.29 is 52.3 Å². The Balaban J connectivity index is 2.48. The van der Waals surface area contributed by atoms with E-state index in [9.17, 15) is 14.4 Å². The van der Waals surface area contributed by atoms with E-state index in [1.807, 2.05) is 6.92 Å². The van der Waals surface area contributed by atoms with Gasteiger partial charge in [0.1, 0.15) is 18.8 Å². The van der Waals surface area contributed by atoms with Gasteiger partial charge in [-0.2, -0.15) is 0 Å². The molecule has 0 spiro atoms. The fourth-order valence-electron chi connectivity index (χ4n) is 2.83. The topological polar surface area (TPSA) is 125 Å². The summed E-state index contributed by atoms with van der Waals surface area (Å²) in [5.41, 5.74) is 0. The quantitative estimate of drug-likeness (QED) is 0.198. The van der Waals surface area contributed by atoms with Gasteiger partial charge in [-0.25, -0.2) is 0 Å². The normalized spacial score (nSPS) is 23.2. The highest BCUT2D eigenvalue weighted by Gasteiger charge is 2.44. The predicted molar refractivity (Wildman–Crippen MR) is 105 cm³/mol. The molecule has 0 aromatic rings. The Hall–Kier alpha value is -1.79. The van der Waals surface area contributed by atoms with E-state index < -0.39 is 42.5 Å². The summed E-state index contributed by atoms with van der Waals surface area (Å²) in [6, 6.07) is 0. The molecule has 1 aliphatic rings. The number of carbonyl (C=O) groups is 3. The second-order valence-corrected chi connectivity index (χ2v) is 6.66. The third-order valence-corrected chi connectivity index (χ3v) is 4.03. The lowest BCUT2D eigenvalue weighted by Crippen LogP contribution is -2.54. The van der Waals surface area contributed by atoms with Crippen LogP contribution in [0.4, 0.5) is 0 Å². The fraction of sp³-hybridized carbons (Fsp3) is 0.850. The summed E-state index contributed by atoms with van der Waals surface area (Å²) < 4.78 is 42.9. The van der Waals surface area contributed by atoms with Gasteiger partial charge in [0.25, 0.3) is 0 Å². The van der Waals surface area contributed by atoms with E-state index >= 15 is 0 Å². The van der Waals surface area contributed by atoms with Crippen LogP contribution in [0.5, 0.6) is 0 Å². The lowest BCUT2D eigenvalue weighted by atomic mass is 10.0. The highest BCUT2D eigenvalue weighted by molar-refractivity contribution is 5.67. The average molecular weight is 450 g/mol. The number of carbonyl (C=O) groups excluding carboxylic acids is 3. The molecule has 0 amide bonds. The lowest BCUT2D eigenvalue weighted by Gasteiger charge is -2.39. The SMILES string of the molecule is CCOCCOCCOCCOC1CC(OC(C)=O)C(OC(C)=O)C(COC(C)=O)O1. The van der Waals surface area contributed by atoms with Crippen molar-refractivity contribution in [1.29, 1.82) is 0 Å². The maximum absolute atomic E-state index is 11.5. The van der Waals surface area contributed by atoms with Crippen LogP contribution in [0.25, 0.3) is 0 Å². The fourth-order valence-corrected chi connectivity index (χ4v) is 2.83. The van der Waals surface area contributed by atoms with Gasteiger partial charge in [0, 0.05) is 33.8 Å². The van der Waals surface area contributed by atoms with E-state index in [2.05, 4.69) is 0 Å². The van der Waals surface area contributed by atoms with Gasteiger partial charge in [-0.1, -0.05) is 0 Å². The predicted octanol–water partition coefficient (Wildman–Crippen LogP) is 0.614. The molecule has 1 saturated heterocycles. The third-order valence-electron chi connectivity index (χ3n) is 4.03. The standard InChI is InChI=1S/C20H34O11/c1-5-24-6-7-25-8-9-26-10-11-27-19-12-17(29-15(3)22)20(30-16(4)23)18(31-19)13-28-14(2)21/h17-20H,5-13H2,1-4H3. The van der Waals surface area contributed by atoms with E-state index in [0.29, 0.717) is 39.6 Å². The van der Waals surface area contributed by atoms with Crippen molar-refractivity contribution >= 4 is 17.9 Å². The first-order valence-corrected chi connectivity index (χ1v) is 10.3. The summed E-state index contributed by atoms with van der Waals surface area (Å²) in [5, 5.41) is 0. The van der Waals surface area contributed by atoms with Crippen molar-refractivity contribution in [3.63, 3.8) is 0 Å². The van der Waals surface area contributed by atoms with Crippen LogP contribution >= 0.6 is 0 Å². The first kappa shape index (κ1) is 27.2. The maximum atomic E-state index is 11.5. The van der Waals surface area contributed by atoms with Gasteiger partial charge in [-0.3, -0.25) is 14.4 Å². The van der Waals surface area contributed by atoms with Crippen molar-refractivity contribution in [3.05, 3.63) is 0 Å². The van der Waals surface area contributed by atoms with Crippen LogP contribution in [-0.4, -0.2) is 95.4 Å². The smallest absolute Gasteiger partial charge is 0.303 e. The van der Waals surface area contributed by atoms with Crippen molar-refractivity contribution in [3.8, 4) is 0 Å². The van der Waals surface area contributed by atoms with Gasteiger partial charge in [-0.15, -0.1) is 0 Å². The first-order chi connectivity index (χ1) is 14.8. The number of ether oxygens (including phenoxy) is 8. The van der Waals surface area contributed by atoms with Crippen LogP contribution in [0.2, 0.25) is 0 Å². The number of rotatable bonds is 15. The summed E-state index contributed by atoms with van der Waals surface area (Å²) in [5.74, 6) is -1.63. The van der Waals surface area contributed by atoms with Gasteiger partial charge < -0.3 is 37.9 Å². The van der Waals surface area contributed by atoms with Crippen LogP contribution in [-0.2, 0) is 52.3 Å². The highest BCUT2D eigenvalue weighted by atomic mass is 16.7. The van der Waals surface area contributed by atoms with Gasteiger partial charge >= 0.3 is 17.9 Å². The van der Waals surface area contributed by atoms with Crippen LogP contribution < -0.4 is 0 Å². The zero-order valence-electron chi connectivity index (χ0n) is 18.7. The van der Waals surface area contributed by atoms with E-state index in [1.54, 1.807) is 0 Å². The molecule has 0 aromatic carbocycles. The summed E-state index contributed by atoms with van der Waals surface area (Å²) in [6.45, 7) is 8.54. The molecular formula is C20H34O11. The molecule has 0 radical (unpaired) electrons. The van der Waals surface area contributed by atoms with Gasteiger partial charge in [0.15, 0.2) is 12.4 Å². The molecule has 0 N–H and O–H groups in total. The molecule has 11 nitrogen and oxygen atoms in total. The van der Waals surface area contributed by atoms with E-state index in [-0.39, 0.29) is 19.6 Å². The number of esters is 3. The summed E-state index contributed by atoms with van der Waals surface area (Å²) in [4.78, 5) is 34.2. The second-order valence-electron chi connectivity index (χ2n) is 6.66. The summed E-state index contributed by atoms with van der Waals surface area (Å²) >= 11 is 0. The third kappa shape index (κ3) is 12.6. The van der Waals surface area contributed by atoms with Crippen LogP contribution in [0.3, 0.4) is 0 Å². The van der Waals surface area contributed by atoms with Crippen molar-refractivity contribution in [2.75, 3.05) is 52.9 Å². The molecule has 4 atom stereocenters. The molecule has 0 bridgehead atoms. The molecule has 1 heterocycles. The van der Waals surface area contributed by atoms with Crippen LogP contribution in [0.15, 0.2) is 0 Å². The Morgan fingerprint density at radius 3 is 1.94 bits per heavy atom. The lowest BCUT2D eigenvalue weighted by molar-refractivity contribution is -0.267. The van der Waals surface area contributed by atoms with E-state index in [4.69, 9.17) is 37.9 Å². The van der Waals surface area contributed by atoms with Gasteiger partial charge in [-0.05, 0) is 6.92 Å². The molecule has 1 aliphatic heterocycles. The molecular weight excluding hydrogens is 416 g/mol. The molecule has 0 aliphatic carbocycles. The molecule has 31 heavy (non-hydrogen) atoms. The van der Waals surface area contributed by atoms with Crippen LogP contribution in [0.1, 0.15) is 34.1 Å². The molecule has 1 fully saturated rings. The Kier molecular flexibility index (Phi) is 14.0. The van der Waals surface area contributed by atoms with Crippen molar-refractivity contribution in [2.24, 2.45) is 0 Å². The molecule has 4 unspecified atom stereocenters. The number of hydrogen-bond acceptors (Lipinski definition) is 11. The highest BCUT2D eigenvalue weighted by Crippen LogP contribution is 2.27. The Labute approximate surface area is 182 Å². The van der Waals surface area contributed by atoms with E-state index in [1.165, 1.54) is 20.8 Å². The van der Waals surface area contributed by atoms with Crippen LogP contribution in [0, 0.1) is 0 Å². The second kappa shape index (κ2) is 15.9. The van der Waals surface area contributed by atoms with Gasteiger partial charge in [0.05, 0.1) is 39.6 Å². The largest absolute Gasteiger partial charge is 0.463 e. The first-order valence-electron chi connectivity index (χ1n) is 10.3. The monoisotopic (exact) mass is 450 g/mol. The molecule has 11 heteroatoms. The Morgan fingerprint density at radius 2 is 1.39 bits per heavy atom. The minimum atomic E-state index is -0.925. The molecule has 0 saturated carbocycles. The molecule has 0 aromatic heterocycles. The number of hydrogen-bond donors (Lipinski definition) is 0. The Morgan fingerprint density at radius 1 is 0.806 bits per heavy atom. The minimum absolute atomic E-state index is 0.147. The van der Waals surface area contributed by atoms with Crippen molar-refractivity contribution in [2.45, 2.75) is 58.7 Å². The van der Waals surface area contributed by atoms with Gasteiger partial charge in [0.2, 0.25) is 0 Å². The zero-order valence-corrected chi connectivity index (χ0v) is 18.7. The van der Waals surface area contributed by atoms with Crippen molar-refractivity contribution in [1.82, 2.24) is 0 Å². The Bertz CT molecular complexity index is 539. The zero-order chi connectivity index (χ0) is 23.1.